The van der Waals surface area contributed by atoms with Gasteiger partial charge in [-0.3, -0.25) is 9.69 Å². The molecule has 4 heteroatoms. The number of carbonyl (C=O) groups is 1. The Hall–Kier alpha value is -0.610. The normalized spacial score (nSPS) is 28.1. The van der Waals surface area contributed by atoms with Crippen molar-refractivity contribution in [3.63, 3.8) is 0 Å². The lowest BCUT2D eigenvalue weighted by atomic mass is 10.0. The van der Waals surface area contributed by atoms with Crippen LogP contribution in [0.3, 0.4) is 0 Å². The summed E-state index contributed by atoms with van der Waals surface area (Å²) in [5.41, 5.74) is 0. The lowest BCUT2D eigenvalue weighted by molar-refractivity contribution is -0.147. The Labute approximate surface area is 91.5 Å². The second-order valence-electron chi connectivity index (χ2n) is 4.26. The highest BCUT2D eigenvalue weighted by atomic mass is 16.5. The number of rotatable bonds is 3. The first-order valence-corrected chi connectivity index (χ1v) is 5.50. The monoisotopic (exact) mass is 215 g/mol. The van der Waals surface area contributed by atoms with Crippen LogP contribution in [0.2, 0.25) is 0 Å². The van der Waals surface area contributed by atoms with Crippen LogP contribution in [-0.4, -0.2) is 49.3 Å². The van der Waals surface area contributed by atoms with E-state index in [1.54, 1.807) is 0 Å². The summed E-state index contributed by atoms with van der Waals surface area (Å²) in [4.78, 5) is 13.6. The van der Waals surface area contributed by atoms with Crippen molar-refractivity contribution in [1.29, 1.82) is 0 Å². The van der Waals surface area contributed by atoms with Crippen LogP contribution < -0.4 is 0 Å². The zero-order valence-corrected chi connectivity index (χ0v) is 10.0. The third-order valence-corrected chi connectivity index (χ3v) is 2.96. The SMILES string of the molecule is COC(=O)CC1C(C)OCCN1C(C)C. The van der Waals surface area contributed by atoms with Gasteiger partial charge in [0.15, 0.2) is 0 Å². The Morgan fingerprint density at radius 3 is 2.80 bits per heavy atom. The van der Waals surface area contributed by atoms with Crippen LogP contribution in [-0.2, 0) is 14.3 Å². The van der Waals surface area contributed by atoms with Crippen LogP contribution in [0, 0.1) is 0 Å². The Morgan fingerprint density at radius 2 is 2.27 bits per heavy atom. The molecule has 88 valence electrons. The smallest absolute Gasteiger partial charge is 0.307 e. The highest BCUT2D eigenvalue weighted by Gasteiger charge is 2.32. The van der Waals surface area contributed by atoms with E-state index in [1.807, 2.05) is 6.92 Å². The molecular formula is C11H21NO3. The Balaban J connectivity index is 2.64. The van der Waals surface area contributed by atoms with E-state index < -0.39 is 0 Å². The summed E-state index contributed by atoms with van der Waals surface area (Å²) in [7, 11) is 1.43. The molecule has 1 saturated heterocycles. The summed E-state index contributed by atoms with van der Waals surface area (Å²) in [6, 6.07) is 0.581. The van der Waals surface area contributed by atoms with Gasteiger partial charge >= 0.3 is 5.97 Å². The lowest BCUT2D eigenvalue weighted by Gasteiger charge is -2.41. The molecule has 0 saturated carbocycles. The van der Waals surface area contributed by atoms with E-state index in [0.29, 0.717) is 12.5 Å². The van der Waals surface area contributed by atoms with Crippen molar-refractivity contribution in [3.05, 3.63) is 0 Å². The number of methoxy groups -OCH3 is 1. The highest BCUT2D eigenvalue weighted by molar-refractivity contribution is 5.70. The maximum atomic E-state index is 11.3. The molecule has 1 rings (SSSR count). The van der Waals surface area contributed by atoms with Crippen LogP contribution in [0.4, 0.5) is 0 Å². The zero-order valence-electron chi connectivity index (χ0n) is 10.0. The van der Waals surface area contributed by atoms with Crippen molar-refractivity contribution in [2.75, 3.05) is 20.3 Å². The lowest BCUT2D eigenvalue weighted by Crippen LogP contribution is -2.53. The number of carbonyl (C=O) groups excluding carboxylic acids is 1. The largest absolute Gasteiger partial charge is 0.469 e. The minimum absolute atomic E-state index is 0.0975. The minimum Gasteiger partial charge on any atom is -0.469 e. The predicted molar refractivity (Wildman–Crippen MR) is 57.7 cm³/mol. The first-order chi connectivity index (χ1) is 7.06. The maximum Gasteiger partial charge on any atom is 0.307 e. The minimum atomic E-state index is -0.164. The molecule has 0 aromatic rings. The molecule has 0 aromatic carbocycles. The standard InChI is InChI=1S/C11H21NO3/c1-8(2)12-5-6-15-9(3)10(12)7-11(13)14-4/h8-10H,5-7H2,1-4H3. The topological polar surface area (TPSA) is 38.8 Å². The first-order valence-electron chi connectivity index (χ1n) is 5.50. The van der Waals surface area contributed by atoms with Gasteiger partial charge in [0.25, 0.3) is 0 Å². The fourth-order valence-electron chi connectivity index (χ4n) is 2.07. The fraction of sp³-hybridized carbons (Fsp3) is 0.909. The van der Waals surface area contributed by atoms with E-state index in [0.717, 1.165) is 13.2 Å². The second-order valence-corrected chi connectivity index (χ2v) is 4.26. The fourth-order valence-corrected chi connectivity index (χ4v) is 2.07. The molecule has 2 unspecified atom stereocenters. The third kappa shape index (κ3) is 3.18. The number of ether oxygens (including phenoxy) is 2. The van der Waals surface area contributed by atoms with Crippen LogP contribution in [0.15, 0.2) is 0 Å². The number of hydrogen-bond acceptors (Lipinski definition) is 4. The number of nitrogens with zero attached hydrogens (tertiary/aromatic N) is 1. The molecular weight excluding hydrogens is 194 g/mol. The van der Waals surface area contributed by atoms with Crippen molar-refractivity contribution in [3.8, 4) is 0 Å². The van der Waals surface area contributed by atoms with Crippen LogP contribution in [0.5, 0.6) is 0 Å². The second kappa shape index (κ2) is 5.47. The van der Waals surface area contributed by atoms with Gasteiger partial charge in [0.2, 0.25) is 0 Å². The molecule has 0 N–H and O–H groups in total. The molecule has 4 nitrogen and oxygen atoms in total. The third-order valence-electron chi connectivity index (χ3n) is 2.96. The van der Waals surface area contributed by atoms with Crippen molar-refractivity contribution in [1.82, 2.24) is 4.90 Å². The molecule has 1 aliphatic heterocycles. The molecule has 0 spiro atoms. The van der Waals surface area contributed by atoms with E-state index in [9.17, 15) is 4.79 Å². The number of morpholine rings is 1. The molecule has 2 atom stereocenters. The summed E-state index contributed by atoms with van der Waals surface area (Å²) >= 11 is 0. The molecule has 1 aliphatic rings. The molecule has 1 fully saturated rings. The first kappa shape index (κ1) is 12.5. The van der Waals surface area contributed by atoms with Crippen molar-refractivity contribution in [2.24, 2.45) is 0 Å². The van der Waals surface area contributed by atoms with Gasteiger partial charge in [-0.15, -0.1) is 0 Å². The molecule has 0 aliphatic carbocycles. The number of esters is 1. The average molecular weight is 215 g/mol. The summed E-state index contributed by atoms with van der Waals surface area (Å²) in [5.74, 6) is -0.164. The van der Waals surface area contributed by atoms with Gasteiger partial charge in [-0.25, -0.2) is 0 Å². The van der Waals surface area contributed by atoms with E-state index in [4.69, 9.17) is 9.47 Å². The van der Waals surface area contributed by atoms with Crippen LogP contribution in [0.1, 0.15) is 27.2 Å². The summed E-state index contributed by atoms with van der Waals surface area (Å²) in [5, 5.41) is 0. The maximum absolute atomic E-state index is 11.3. The average Bonchev–Trinajstić information content (AvgIpc) is 2.20. The summed E-state index contributed by atoms with van der Waals surface area (Å²) in [6.45, 7) is 7.94. The van der Waals surface area contributed by atoms with E-state index >= 15 is 0 Å². The van der Waals surface area contributed by atoms with Gasteiger partial charge in [0, 0.05) is 18.6 Å². The Morgan fingerprint density at radius 1 is 1.60 bits per heavy atom. The van der Waals surface area contributed by atoms with Gasteiger partial charge in [-0.1, -0.05) is 0 Å². The quantitative estimate of drug-likeness (QED) is 0.660. The van der Waals surface area contributed by atoms with E-state index in [1.165, 1.54) is 7.11 Å². The van der Waals surface area contributed by atoms with Gasteiger partial charge in [-0.2, -0.15) is 0 Å². The molecule has 15 heavy (non-hydrogen) atoms. The predicted octanol–water partition coefficient (Wildman–Crippen LogP) is 1.05. The Kier molecular flexibility index (Phi) is 4.54. The van der Waals surface area contributed by atoms with Gasteiger partial charge < -0.3 is 9.47 Å². The van der Waals surface area contributed by atoms with Gasteiger partial charge in [0.1, 0.15) is 0 Å². The summed E-state index contributed by atoms with van der Waals surface area (Å²) < 4.78 is 10.3. The van der Waals surface area contributed by atoms with Crippen LogP contribution in [0.25, 0.3) is 0 Å². The van der Waals surface area contributed by atoms with Crippen molar-refractivity contribution in [2.45, 2.75) is 45.4 Å². The van der Waals surface area contributed by atoms with Gasteiger partial charge in [0.05, 0.1) is 26.2 Å². The van der Waals surface area contributed by atoms with Crippen molar-refractivity contribution < 1.29 is 14.3 Å². The molecule has 0 amide bonds. The molecule has 0 radical (unpaired) electrons. The molecule has 0 aromatic heterocycles. The van der Waals surface area contributed by atoms with Crippen molar-refractivity contribution >= 4 is 5.97 Å². The van der Waals surface area contributed by atoms with Crippen LogP contribution >= 0.6 is 0 Å². The molecule has 0 bridgehead atoms. The van der Waals surface area contributed by atoms with Gasteiger partial charge in [-0.05, 0) is 20.8 Å². The van der Waals surface area contributed by atoms with E-state index in [-0.39, 0.29) is 18.1 Å². The summed E-state index contributed by atoms with van der Waals surface area (Å²) in [6.07, 6.45) is 0.510. The van der Waals surface area contributed by atoms with E-state index in [2.05, 4.69) is 18.7 Å². The zero-order chi connectivity index (χ0) is 11.4. The highest BCUT2D eigenvalue weighted by Crippen LogP contribution is 2.19. The Bertz CT molecular complexity index is 218. The number of hydrogen-bond donors (Lipinski definition) is 0. The molecule has 1 heterocycles.